The maximum Gasteiger partial charge on any atom is 0.433 e. The van der Waals surface area contributed by atoms with Crippen LogP contribution >= 0.6 is 11.8 Å². The summed E-state index contributed by atoms with van der Waals surface area (Å²) >= 11 is 1.08. The maximum atomic E-state index is 12.7. The lowest BCUT2D eigenvalue weighted by molar-refractivity contribution is -0.141. The van der Waals surface area contributed by atoms with Crippen molar-refractivity contribution in [3.63, 3.8) is 0 Å². The van der Waals surface area contributed by atoms with Gasteiger partial charge in [0.2, 0.25) is 5.91 Å². The van der Waals surface area contributed by atoms with Crippen molar-refractivity contribution in [2.24, 2.45) is 5.73 Å². The number of H-pyrrole nitrogens is 1. The van der Waals surface area contributed by atoms with Crippen LogP contribution in [0.15, 0.2) is 35.4 Å². The van der Waals surface area contributed by atoms with Gasteiger partial charge in [0.15, 0.2) is 0 Å². The fraction of sp³-hybridized carbons (Fsp3) is 0.267. The molecule has 10 heteroatoms. The number of carbonyl (C=O) groups is 2. The largest absolute Gasteiger partial charge is 0.462 e. The lowest BCUT2D eigenvalue weighted by Gasteiger charge is -2.10. The molecule has 0 spiro atoms. The number of nitrogens with one attached hydrogen (secondary N) is 1. The first-order valence-electron chi connectivity index (χ1n) is 7.05. The SMILES string of the molecule is NC(=O)CSc1ccccc1C(=O)OCCc1cn[nH]c1C(F)(F)F. The Labute approximate surface area is 144 Å². The van der Waals surface area contributed by atoms with Crippen molar-refractivity contribution < 1.29 is 27.5 Å². The van der Waals surface area contributed by atoms with E-state index in [1.54, 1.807) is 18.2 Å². The van der Waals surface area contributed by atoms with E-state index in [4.69, 9.17) is 10.5 Å². The summed E-state index contributed by atoms with van der Waals surface area (Å²) in [4.78, 5) is 23.5. The molecule has 1 aromatic heterocycles. The number of nitrogens with zero attached hydrogens (tertiary/aromatic N) is 1. The molecule has 1 aromatic carbocycles. The fourth-order valence-corrected chi connectivity index (χ4v) is 2.77. The zero-order valence-electron chi connectivity index (χ0n) is 12.8. The summed E-state index contributed by atoms with van der Waals surface area (Å²) in [6.45, 7) is -0.240. The Morgan fingerprint density at radius 3 is 2.68 bits per heavy atom. The lowest BCUT2D eigenvalue weighted by Crippen LogP contribution is -2.14. The molecule has 2 rings (SSSR count). The Kier molecular flexibility index (Phi) is 6.07. The van der Waals surface area contributed by atoms with Crippen molar-refractivity contribution in [1.29, 1.82) is 0 Å². The molecule has 3 N–H and O–H groups in total. The number of hydrogen-bond donors (Lipinski definition) is 2. The van der Waals surface area contributed by atoms with E-state index in [9.17, 15) is 22.8 Å². The molecule has 0 aliphatic rings. The number of hydrogen-bond acceptors (Lipinski definition) is 5. The highest BCUT2D eigenvalue weighted by Gasteiger charge is 2.35. The van der Waals surface area contributed by atoms with Crippen molar-refractivity contribution in [2.75, 3.05) is 12.4 Å². The third-order valence-corrected chi connectivity index (χ3v) is 4.18. The zero-order valence-corrected chi connectivity index (χ0v) is 13.6. The zero-order chi connectivity index (χ0) is 18.4. The number of alkyl halides is 3. The highest BCUT2D eigenvalue weighted by atomic mass is 32.2. The molecule has 0 saturated carbocycles. The van der Waals surface area contributed by atoms with Crippen molar-refractivity contribution in [3.8, 4) is 0 Å². The van der Waals surface area contributed by atoms with E-state index in [0.717, 1.165) is 18.0 Å². The number of carbonyl (C=O) groups excluding carboxylic acids is 2. The number of thioether (sulfide) groups is 1. The van der Waals surface area contributed by atoms with Crippen molar-refractivity contribution in [1.82, 2.24) is 10.2 Å². The van der Waals surface area contributed by atoms with Gasteiger partial charge in [0.05, 0.1) is 24.1 Å². The Bertz CT molecular complexity index is 762. The number of aromatic amines is 1. The monoisotopic (exact) mass is 373 g/mol. The van der Waals surface area contributed by atoms with Gasteiger partial charge in [0, 0.05) is 16.9 Å². The molecule has 2 aromatic rings. The number of aromatic nitrogens is 2. The Balaban J connectivity index is 1.97. The van der Waals surface area contributed by atoms with Crippen LogP contribution in [-0.2, 0) is 22.1 Å². The molecule has 0 saturated heterocycles. The second-order valence-electron chi connectivity index (χ2n) is 4.91. The minimum atomic E-state index is -4.55. The van der Waals surface area contributed by atoms with Gasteiger partial charge in [-0.05, 0) is 12.1 Å². The molecule has 0 unspecified atom stereocenters. The molecule has 0 fully saturated rings. The molecule has 25 heavy (non-hydrogen) atoms. The van der Waals surface area contributed by atoms with Crippen molar-refractivity contribution >= 4 is 23.6 Å². The molecule has 0 bridgehead atoms. The normalized spacial score (nSPS) is 11.3. The molecule has 134 valence electrons. The molecular weight excluding hydrogens is 359 g/mol. The average Bonchev–Trinajstić information content (AvgIpc) is 3.02. The van der Waals surface area contributed by atoms with E-state index in [2.05, 4.69) is 5.10 Å². The highest BCUT2D eigenvalue weighted by molar-refractivity contribution is 8.00. The van der Waals surface area contributed by atoms with E-state index in [1.807, 2.05) is 5.10 Å². The second-order valence-corrected chi connectivity index (χ2v) is 5.92. The number of amides is 1. The third-order valence-electron chi connectivity index (χ3n) is 3.08. The van der Waals surface area contributed by atoms with Gasteiger partial charge in [-0.1, -0.05) is 12.1 Å². The average molecular weight is 373 g/mol. The standard InChI is InChI=1S/C15H14F3N3O3S/c16-15(17,18)13-9(7-20-21-13)5-6-24-14(23)10-3-1-2-4-11(10)25-8-12(19)22/h1-4,7H,5-6,8H2,(H2,19,22)(H,20,21). The van der Waals surface area contributed by atoms with Crippen LogP contribution in [0.25, 0.3) is 0 Å². The van der Waals surface area contributed by atoms with Gasteiger partial charge >= 0.3 is 12.1 Å². The number of primary amides is 1. The first-order chi connectivity index (χ1) is 11.8. The van der Waals surface area contributed by atoms with E-state index in [1.165, 1.54) is 6.07 Å². The quantitative estimate of drug-likeness (QED) is 0.574. The Hall–Kier alpha value is -2.49. The van der Waals surface area contributed by atoms with Crippen LogP contribution in [-0.4, -0.2) is 34.4 Å². The lowest BCUT2D eigenvalue weighted by atomic mass is 10.2. The van der Waals surface area contributed by atoms with Crippen LogP contribution in [0.1, 0.15) is 21.6 Å². The summed E-state index contributed by atoms with van der Waals surface area (Å²) in [7, 11) is 0. The number of rotatable bonds is 7. The van der Waals surface area contributed by atoms with Crippen molar-refractivity contribution in [3.05, 3.63) is 47.3 Å². The van der Waals surface area contributed by atoms with E-state index in [0.29, 0.717) is 4.90 Å². The van der Waals surface area contributed by atoms with Gasteiger partial charge in [0.1, 0.15) is 5.69 Å². The molecule has 1 amide bonds. The van der Waals surface area contributed by atoms with E-state index < -0.39 is 23.7 Å². The number of benzene rings is 1. The number of ether oxygens (including phenoxy) is 1. The number of nitrogens with two attached hydrogens (primary N) is 1. The van der Waals surface area contributed by atoms with E-state index >= 15 is 0 Å². The topological polar surface area (TPSA) is 98.1 Å². The summed E-state index contributed by atoms with van der Waals surface area (Å²) in [6.07, 6.45) is -3.63. The summed E-state index contributed by atoms with van der Waals surface area (Å²) < 4.78 is 43.2. The summed E-state index contributed by atoms with van der Waals surface area (Å²) in [5, 5.41) is 5.26. The molecule has 0 atom stereocenters. The summed E-state index contributed by atoms with van der Waals surface area (Å²) in [5.41, 5.74) is 4.25. The predicted molar refractivity (Wildman–Crippen MR) is 83.9 cm³/mol. The van der Waals surface area contributed by atoms with Crippen LogP contribution in [0.4, 0.5) is 13.2 Å². The smallest absolute Gasteiger partial charge is 0.433 e. The first kappa shape index (κ1) is 18.8. The summed E-state index contributed by atoms with van der Waals surface area (Å²) in [5.74, 6) is -1.23. The molecular formula is C15H14F3N3O3S. The molecule has 0 aliphatic carbocycles. The van der Waals surface area contributed by atoms with Gasteiger partial charge in [0.25, 0.3) is 0 Å². The molecule has 1 heterocycles. The van der Waals surface area contributed by atoms with Crippen LogP contribution in [0.5, 0.6) is 0 Å². The van der Waals surface area contributed by atoms with Gasteiger partial charge in [-0.25, -0.2) is 4.79 Å². The molecule has 0 aliphatic heterocycles. The van der Waals surface area contributed by atoms with Crippen molar-refractivity contribution in [2.45, 2.75) is 17.5 Å². The molecule has 0 radical (unpaired) electrons. The Morgan fingerprint density at radius 1 is 1.28 bits per heavy atom. The highest BCUT2D eigenvalue weighted by Crippen LogP contribution is 2.30. The maximum absolute atomic E-state index is 12.7. The predicted octanol–water partition coefficient (Wildman–Crippen LogP) is 2.41. The first-order valence-corrected chi connectivity index (χ1v) is 8.04. The Morgan fingerprint density at radius 2 is 2.00 bits per heavy atom. The minimum absolute atomic E-state index is 0.00570. The fourth-order valence-electron chi connectivity index (χ4n) is 1.99. The van der Waals surface area contributed by atoms with Gasteiger partial charge in [-0.2, -0.15) is 18.3 Å². The number of halogens is 3. The number of esters is 1. The van der Waals surface area contributed by atoms with Gasteiger partial charge < -0.3 is 10.5 Å². The second kappa shape index (κ2) is 8.06. The molecule has 6 nitrogen and oxygen atoms in total. The van der Waals surface area contributed by atoms with Crippen LogP contribution in [0, 0.1) is 0 Å². The van der Waals surface area contributed by atoms with Gasteiger partial charge in [-0.15, -0.1) is 11.8 Å². The van der Waals surface area contributed by atoms with Gasteiger partial charge in [-0.3, -0.25) is 9.89 Å². The van der Waals surface area contributed by atoms with Crippen LogP contribution in [0.2, 0.25) is 0 Å². The summed E-state index contributed by atoms with van der Waals surface area (Å²) in [6, 6.07) is 6.43. The van der Waals surface area contributed by atoms with Crippen LogP contribution in [0.3, 0.4) is 0 Å². The van der Waals surface area contributed by atoms with E-state index in [-0.39, 0.29) is 29.9 Å². The van der Waals surface area contributed by atoms with Crippen LogP contribution < -0.4 is 5.73 Å². The third kappa shape index (κ3) is 5.24. The minimum Gasteiger partial charge on any atom is -0.462 e.